The fraction of sp³-hybridized carbons (Fsp3) is 0.632. The molecule has 0 unspecified atom stereocenters. The highest BCUT2D eigenvalue weighted by Crippen LogP contribution is 2.11. The second kappa shape index (κ2) is 11.9. The molecule has 1 aromatic rings. The molecule has 0 fully saturated rings. The standard InChI is InChI=1S/C19H34N4O2S/c1-4-21-19(22-13-8-6-5-7-10-16(2)3)23-15-17-11-9-12-18(14-17)26(20,24)25/h9,11-12,14,16H,4-8,10,13,15H2,1-3H3,(H2,20,24,25)(H2,21,22,23). The molecule has 1 aromatic carbocycles. The molecule has 0 aliphatic heterocycles. The molecule has 0 radical (unpaired) electrons. The fourth-order valence-corrected chi connectivity index (χ4v) is 3.15. The van der Waals surface area contributed by atoms with E-state index in [1.807, 2.05) is 13.0 Å². The average molecular weight is 383 g/mol. The van der Waals surface area contributed by atoms with Crippen molar-refractivity contribution >= 4 is 16.0 Å². The number of nitrogens with zero attached hydrogens (tertiary/aromatic N) is 1. The van der Waals surface area contributed by atoms with Crippen LogP contribution in [-0.4, -0.2) is 27.5 Å². The average Bonchev–Trinajstić information content (AvgIpc) is 2.58. The molecule has 0 saturated carbocycles. The Labute approximate surface area is 158 Å². The number of guanidine groups is 1. The molecule has 1 rings (SSSR count). The van der Waals surface area contributed by atoms with Crippen LogP contribution in [0.1, 0.15) is 58.4 Å². The van der Waals surface area contributed by atoms with Gasteiger partial charge in [0.15, 0.2) is 5.96 Å². The lowest BCUT2D eigenvalue weighted by Crippen LogP contribution is -2.37. The summed E-state index contributed by atoms with van der Waals surface area (Å²) in [4.78, 5) is 4.64. The largest absolute Gasteiger partial charge is 0.357 e. The van der Waals surface area contributed by atoms with Gasteiger partial charge >= 0.3 is 0 Å². The van der Waals surface area contributed by atoms with Crippen LogP contribution in [0, 0.1) is 5.92 Å². The van der Waals surface area contributed by atoms with Gasteiger partial charge in [0.25, 0.3) is 0 Å². The molecule has 0 aromatic heterocycles. The summed E-state index contributed by atoms with van der Waals surface area (Å²) in [5.41, 5.74) is 0.808. The van der Waals surface area contributed by atoms with Crippen molar-refractivity contribution in [2.45, 2.75) is 64.3 Å². The number of primary sulfonamides is 1. The third kappa shape index (κ3) is 9.77. The lowest BCUT2D eigenvalue weighted by Gasteiger charge is -2.11. The third-order valence-corrected chi connectivity index (χ3v) is 4.90. The molecule has 0 atom stereocenters. The summed E-state index contributed by atoms with van der Waals surface area (Å²) in [7, 11) is -3.68. The lowest BCUT2D eigenvalue weighted by molar-refractivity contribution is 0.518. The molecule has 0 bridgehead atoms. The van der Waals surface area contributed by atoms with Crippen molar-refractivity contribution in [3.63, 3.8) is 0 Å². The minimum atomic E-state index is -3.68. The van der Waals surface area contributed by atoms with Gasteiger partial charge in [-0.1, -0.05) is 51.7 Å². The summed E-state index contributed by atoms with van der Waals surface area (Å²) in [5.74, 6) is 1.53. The highest BCUT2D eigenvalue weighted by atomic mass is 32.2. The first-order valence-corrected chi connectivity index (χ1v) is 11.0. The Hall–Kier alpha value is -1.60. The van der Waals surface area contributed by atoms with Crippen LogP contribution in [0.3, 0.4) is 0 Å². The first-order valence-electron chi connectivity index (χ1n) is 9.47. The van der Waals surface area contributed by atoms with Crippen LogP contribution in [0.15, 0.2) is 34.2 Å². The zero-order chi connectivity index (χ0) is 19.4. The van der Waals surface area contributed by atoms with E-state index in [4.69, 9.17) is 5.14 Å². The van der Waals surface area contributed by atoms with E-state index in [2.05, 4.69) is 29.5 Å². The van der Waals surface area contributed by atoms with Gasteiger partial charge in [0.1, 0.15) is 0 Å². The van der Waals surface area contributed by atoms with Gasteiger partial charge in [-0.3, -0.25) is 0 Å². The van der Waals surface area contributed by atoms with E-state index < -0.39 is 10.0 Å². The normalized spacial score (nSPS) is 12.4. The van der Waals surface area contributed by atoms with Gasteiger partial charge in [-0.25, -0.2) is 18.5 Å². The van der Waals surface area contributed by atoms with Crippen LogP contribution in [0.25, 0.3) is 0 Å². The SMILES string of the molecule is CCNC(=NCc1cccc(S(N)(=O)=O)c1)NCCCCCCC(C)C. The van der Waals surface area contributed by atoms with Gasteiger partial charge in [-0.15, -0.1) is 0 Å². The first-order chi connectivity index (χ1) is 12.3. The second-order valence-electron chi connectivity index (χ2n) is 6.91. The molecule has 0 aliphatic rings. The van der Waals surface area contributed by atoms with E-state index in [0.29, 0.717) is 6.54 Å². The number of rotatable bonds is 11. The van der Waals surface area contributed by atoms with Gasteiger partial charge in [0.05, 0.1) is 11.4 Å². The van der Waals surface area contributed by atoms with E-state index in [0.717, 1.165) is 37.0 Å². The van der Waals surface area contributed by atoms with Crippen molar-refractivity contribution in [2.24, 2.45) is 16.0 Å². The monoisotopic (exact) mass is 382 g/mol. The molecule has 0 saturated heterocycles. The van der Waals surface area contributed by atoms with Gasteiger partial charge < -0.3 is 10.6 Å². The van der Waals surface area contributed by atoms with Crippen LogP contribution in [-0.2, 0) is 16.6 Å². The Balaban J connectivity index is 2.46. The number of benzene rings is 1. The molecule has 148 valence electrons. The zero-order valence-electron chi connectivity index (χ0n) is 16.3. The Bertz CT molecular complexity index is 657. The van der Waals surface area contributed by atoms with Crippen LogP contribution in [0.4, 0.5) is 0 Å². The Morgan fingerprint density at radius 2 is 1.88 bits per heavy atom. The van der Waals surface area contributed by atoms with E-state index in [-0.39, 0.29) is 4.90 Å². The highest BCUT2D eigenvalue weighted by Gasteiger charge is 2.07. The van der Waals surface area contributed by atoms with Gasteiger partial charge in [0, 0.05) is 13.1 Å². The Kier molecular flexibility index (Phi) is 10.3. The molecular formula is C19H34N4O2S. The summed E-state index contributed by atoms with van der Waals surface area (Å²) < 4.78 is 22.9. The number of aliphatic imine (C=N–C) groups is 1. The van der Waals surface area contributed by atoms with Crippen molar-refractivity contribution in [1.29, 1.82) is 0 Å². The maximum absolute atomic E-state index is 11.4. The number of hydrogen-bond donors (Lipinski definition) is 3. The lowest BCUT2D eigenvalue weighted by atomic mass is 10.0. The van der Waals surface area contributed by atoms with Crippen molar-refractivity contribution in [2.75, 3.05) is 13.1 Å². The molecular weight excluding hydrogens is 348 g/mol. The smallest absolute Gasteiger partial charge is 0.238 e. The summed E-state index contributed by atoms with van der Waals surface area (Å²) in [5, 5.41) is 11.7. The molecule has 7 heteroatoms. The Morgan fingerprint density at radius 3 is 2.54 bits per heavy atom. The number of nitrogens with two attached hydrogens (primary N) is 1. The molecule has 0 aliphatic carbocycles. The zero-order valence-corrected chi connectivity index (χ0v) is 17.1. The summed E-state index contributed by atoms with van der Waals surface area (Å²) in [6.45, 7) is 8.60. The molecule has 0 heterocycles. The predicted molar refractivity (Wildman–Crippen MR) is 109 cm³/mol. The van der Waals surface area contributed by atoms with E-state index >= 15 is 0 Å². The number of hydrogen-bond acceptors (Lipinski definition) is 3. The Morgan fingerprint density at radius 1 is 1.15 bits per heavy atom. The van der Waals surface area contributed by atoms with Crippen LogP contribution in [0.5, 0.6) is 0 Å². The quantitative estimate of drug-likeness (QED) is 0.311. The number of sulfonamides is 1. The van der Waals surface area contributed by atoms with E-state index in [9.17, 15) is 8.42 Å². The van der Waals surface area contributed by atoms with E-state index in [1.165, 1.54) is 31.7 Å². The number of nitrogens with one attached hydrogen (secondary N) is 2. The van der Waals surface area contributed by atoms with Crippen LogP contribution >= 0.6 is 0 Å². The maximum atomic E-state index is 11.4. The molecule has 4 N–H and O–H groups in total. The molecule has 26 heavy (non-hydrogen) atoms. The molecule has 0 spiro atoms. The van der Waals surface area contributed by atoms with Gasteiger partial charge in [0.2, 0.25) is 10.0 Å². The van der Waals surface area contributed by atoms with Crippen LogP contribution < -0.4 is 15.8 Å². The van der Waals surface area contributed by atoms with Crippen molar-refractivity contribution in [1.82, 2.24) is 10.6 Å². The van der Waals surface area contributed by atoms with E-state index in [1.54, 1.807) is 12.1 Å². The van der Waals surface area contributed by atoms with Gasteiger partial charge in [-0.2, -0.15) is 0 Å². The summed E-state index contributed by atoms with van der Waals surface area (Å²) in [6.07, 6.45) is 6.20. The third-order valence-electron chi connectivity index (χ3n) is 3.99. The first kappa shape index (κ1) is 22.4. The fourth-order valence-electron chi connectivity index (χ4n) is 2.57. The van der Waals surface area contributed by atoms with Crippen LogP contribution in [0.2, 0.25) is 0 Å². The molecule has 6 nitrogen and oxygen atoms in total. The van der Waals surface area contributed by atoms with Crippen molar-refractivity contribution < 1.29 is 8.42 Å². The second-order valence-corrected chi connectivity index (χ2v) is 8.47. The minimum Gasteiger partial charge on any atom is -0.357 e. The summed E-state index contributed by atoms with van der Waals surface area (Å²) in [6, 6.07) is 6.58. The topological polar surface area (TPSA) is 96.6 Å². The maximum Gasteiger partial charge on any atom is 0.238 e. The predicted octanol–water partition coefficient (Wildman–Crippen LogP) is 3.00. The van der Waals surface area contributed by atoms with Crippen molar-refractivity contribution in [3.05, 3.63) is 29.8 Å². The number of unbranched alkanes of at least 4 members (excludes halogenated alkanes) is 3. The van der Waals surface area contributed by atoms with Crippen molar-refractivity contribution in [3.8, 4) is 0 Å². The summed E-state index contributed by atoms with van der Waals surface area (Å²) >= 11 is 0. The molecule has 0 amide bonds. The highest BCUT2D eigenvalue weighted by molar-refractivity contribution is 7.89. The minimum absolute atomic E-state index is 0.115. The van der Waals surface area contributed by atoms with Gasteiger partial charge in [-0.05, 0) is 37.0 Å².